The van der Waals surface area contributed by atoms with Gasteiger partial charge in [-0.25, -0.2) is 4.79 Å². The third kappa shape index (κ3) is 4.85. The Kier molecular flexibility index (Phi) is 6.77. The molecular weight excluding hydrogens is 268 g/mol. The normalized spacial score (nSPS) is 34.0. The van der Waals surface area contributed by atoms with Crippen LogP contribution in [0, 0.1) is 0 Å². The number of nitrogens with one attached hydrogen (secondary N) is 2. The number of urea groups is 1. The first-order valence-corrected chi connectivity index (χ1v) is 8.37. The first-order chi connectivity index (χ1) is 10.2. The summed E-state index contributed by atoms with van der Waals surface area (Å²) in [6.45, 7) is 0. The Morgan fingerprint density at radius 3 is 1.71 bits per heavy atom. The van der Waals surface area contributed by atoms with Crippen molar-refractivity contribution in [3.05, 3.63) is 0 Å². The molecule has 0 aromatic rings. The zero-order chi connectivity index (χ0) is 15.1. The molecule has 2 N–H and O–H groups in total. The lowest BCUT2D eigenvalue weighted by Gasteiger charge is -2.32. The van der Waals surface area contributed by atoms with Gasteiger partial charge in [-0.3, -0.25) is 0 Å². The van der Waals surface area contributed by atoms with Gasteiger partial charge in [-0.2, -0.15) is 0 Å². The second kappa shape index (κ2) is 8.59. The topological polar surface area (TPSA) is 59.6 Å². The van der Waals surface area contributed by atoms with Gasteiger partial charge in [-0.1, -0.05) is 32.1 Å². The van der Waals surface area contributed by atoms with Crippen LogP contribution in [0.1, 0.15) is 57.8 Å². The van der Waals surface area contributed by atoms with E-state index in [1.165, 1.54) is 19.3 Å². The highest BCUT2D eigenvalue weighted by Gasteiger charge is 2.29. The molecule has 2 aliphatic carbocycles. The third-order valence-electron chi connectivity index (χ3n) is 4.89. The van der Waals surface area contributed by atoms with Crippen molar-refractivity contribution < 1.29 is 14.3 Å². The Bertz CT molecular complexity index is 325. The molecule has 0 aliphatic heterocycles. The lowest BCUT2D eigenvalue weighted by atomic mass is 9.92. The average molecular weight is 298 g/mol. The van der Waals surface area contributed by atoms with Gasteiger partial charge < -0.3 is 20.1 Å². The quantitative estimate of drug-likeness (QED) is 0.784. The van der Waals surface area contributed by atoms with Gasteiger partial charge in [0.25, 0.3) is 0 Å². The van der Waals surface area contributed by atoms with E-state index in [2.05, 4.69) is 10.6 Å². The molecule has 5 heteroatoms. The van der Waals surface area contributed by atoms with E-state index in [1.54, 1.807) is 14.2 Å². The number of methoxy groups -OCH3 is 2. The van der Waals surface area contributed by atoms with E-state index < -0.39 is 0 Å². The maximum absolute atomic E-state index is 12.3. The van der Waals surface area contributed by atoms with Crippen molar-refractivity contribution >= 4 is 6.03 Å². The summed E-state index contributed by atoms with van der Waals surface area (Å²) in [5, 5.41) is 6.22. The molecule has 2 rings (SSSR count). The van der Waals surface area contributed by atoms with Crippen molar-refractivity contribution in [2.24, 2.45) is 0 Å². The second-order valence-electron chi connectivity index (χ2n) is 6.30. The van der Waals surface area contributed by atoms with Crippen molar-refractivity contribution in [2.45, 2.75) is 82.1 Å². The first-order valence-electron chi connectivity index (χ1n) is 8.37. The summed E-state index contributed by atoms with van der Waals surface area (Å²) in [5.41, 5.74) is 0. The van der Waals surface area contributed by atoms with Crippen LogP contribution in [0.15, 0.2) is 0 Å². The van der Waals surface area contributed by atoms with E-state index in [0.29, 0.717) is 0 Å². The average Bonchev–Trinajstić information content (AvgIpc) is 2.72. The van der Waals surface area contributed by atoms with Crippen molar-refractivity contribution in [3.63, 3.8) is 0 Å². The molecule has 0 aromatic heterocycles. The molecule has 0 radical (unpaired) electrons. The number of carbonyl (C=O) groups is 1. The van der Waals surface area contributed by atoms with E-state index in [9.17, 15) is 4.79 Å². The number of hydrogen-bond donors (Lipinski definition) is 2. The molecule has 0 heterocycles. The summed E-state index contributed by atoms with van der Waals surface area (Å²) in [7, 11) is 3.47. The van der Waals surface area contributed by atoms with Gasteiger partial charge in [0.1, 0.15) is 0 Å². The van der Waals surface area contributed by atoms with Gasteiger partial charge in [0.05, 0.1) is 24.3 Å². The summed E-state index contributed by atoms with van der Waals surface area (Å²) in [4.78, 5) is 12.3. The number of rotatable bonds is 4. The van der Waals surface area contributed by atoms with E-state index in [1.807, 2.05) is 0 Å². The van der Waals surface area contributed by atoms with Crippen molar-refractivity contribution in [3.8, 4) is 0 Å². The van der Waals surface area contributed by atoms with Gasteiger partial charge >= 0.3 is 6.03 Å². The summed E-state index contributed by atoms with van der Waals surface area (Å²) in [5.74, 6) is 0. The van der Waals surface area contributed by atoms with Crippen LogP contribution in [0.4, 0.5) is 4.79 Å². The van der Waals surface area contributed by atoms with Gasteiger partial charge in [0.15, 0.2) is 0 Å². The molecule has 21 heavy (non-hydrogen) atoms. The minimum atomic E-state index is -0.0714. The fourth-order valence-electron chi connectivity index (χ4n) is 3.64. The van der Waals surface area contributed by atoms with Crippen LogP contribution in [0.25, 0.3) is 0 Å². The molecule has 5 nitrogen and oxygen atoms in total. The molecule has 0 spiro atoms. The lowest BCUT2D eigenvalue weighted by molar-refractivity contribution is 0.0430. The van der Waals surface area contributed by atoms with Crippen molar-refractivity contribution in [1.29, 1.82) is 0 Å². The van der Waals surface area contributed by atoms with Crippen LogP contribution in [-0.4, -0.2) is 44.5 Å². The summed E-state index contributed by atoms with van der Waals surface area (Å²) in [6, 6.07) is 0.190. The van der Waals surface area contributed by atoms with Gasteiger partial charge in [0, 0.05) is 14.2 Å². The van der Waals surface area contributed by atoms with E-state index in [0.717, 1.165) is 38.5 Å². The maximum atomic E-state index is 12.3. The van der Waals surface area contributed by atoms with E-state index in [-0.39, 0.29) is 30.3 Å². The largest absolute Gasteiger partial charge is 0.379 e. The molecule has 0 saturated heterocycles. The van der Waals surface area contributed by atoms with Gasteiger partial charge in [-0.15, -0.1) is 0 Å². The first kappa shape index (κ1) is 16.6. The Labute approximate surface area is 128 Å². The lowest BCUT2D eigenvalue weighted by Crippen LogP contribution is -2.53. The predicted octanol–water partition coefficient (Wildman–Crippen LogP) is 2.59. The molecule has 2 aliphatic rings. The summed E-state index contributed by atoms with van der Waals surface area (Å²) < 4.78 is 11.0. The second-order valence-corrected chi connectivity index (χ2v) is 6.30. The Morgan fingerprint density at radius 2 is 1.19 bits per heavy atom. The van der Waals surface area contributed by atoms with Crippen molar-refractivity contribution in [1.82, 2.24) is 10.6 Å². The molecule has 2 fully saturated rings. The molecule has 4 atom stereocenters. The molecule has 2 saturated carbocycles. The van der Waals surface area contributed by atoms with Crippen LogP contribution in [0.3, 0.4) is 0 Å². The van der Waals surface area contributed by atoms with Crippen LogP contribution < -0.4 is 10.6 Å². The molecular formula is C16H30N2O3. The number of ether oxygens (including phenoxy) is 2. The molecule has 2 amide bonds. The highest BCUT2D eigenvalue weighted by Crippen LogP contribution is 2.22. The Hall–Kier alpha value is -0.810. The van der Waals surface area contributed by atoms with Crippen LogP contribution in [-0.2, 0) is 9.47 Å². The monoisotopic (exact) mass is 298 g/mol. The zero-order valence-electron chi connectivity index (χ0n) is 13.4. The van der Waals surface area contributed by atoms with Crippen LogP contribution >= 0.6 is 0 Å². The Morgan fingerprint density at radius 1 is 0.762 bits per heavy atom. The van der Waals surface area contributed by atoms with Crippen LogP contribution in [0.2, 0.25) is 0 Å². The molecule has 0 unspecified atom stereocenters. The maximum Gasteiger partial charge on any atom is 0.315 e. The number of amides is 2. The number of carbonyl (C=O) groups excluding carboxylic acids is 1. The minimum Gasteiger partial charge on any atom is -0.379 e. The zero-order valence-corrected chi connectivity index (χ0v) is 13.4. The van der Waals surface area contributed by atoms with E-state index in [4.69, 9.17) is 9.47 Å². The molecule has 0 bridgehead atoms. The van der Waals surface area contributed by atoms with Crippen LogP contribution in [0.5, 0.6) is 0 Å². The predicted molar refractivity (Wildman–Crippen MR) is 82.4 cm³/mol. The van der Waals surface area contributed by atoms with Crippen molar-refractivity contribution in [2.75, 3.05) is 14.2 Å². The minimum absolute atomic E-state index is 0.0714. The SMILES string of the molecule is CO[C@H]1CCCC[C@@H]1NC(=O)N[C@H]1CCCCC[C@H]1OC. The third-order valence-corrected chi connectivity index (χ3v) is 4.89. The highest BCUT2D eigenvalue weighted by atomic mass is 16.5. The highest BCUT2D eigenvalue weighted by molar-refractivity contribution is 5.74. The molecule has 0 aromatic carbocycles. The summed E-state index contributed by atoms with van der Waals surface area (Å²) >= 11 is 0. The van der Waals surface area contributed by atoms with Gasteiger partial charge in [-0.05, 0) is 25.7 Å². The summed E-state index contributed by atoms with van der Waals surface area (Å²) in [6.07, 6.45) is 10.3. The van der Waals surface area contributed by atoms with Gasteiger partial charge in [0.2, 0.25) is 0 Å². The fraction of sp³-hybridized carbons (Fsp3) is 0.938. The standard InChI is InChI=1S/C16H30N2O3/c1-20-14-10-5-3-4-8-12(14)17-16(19)18-13-9-6-7-11-15(13)21-2/h12-15H,3-11H2,1-2H3,(H2,17,18,19)/t12-,13-,14+,15-/m0/s1. The fourth-order valence-corrected chi connectivity index (χ4v) is 3.64. The smallest absolute Gasteiger partial charge is 0.315 e. The number of hydrogen-bond acceptors (Lipinski definition) is 3. The molecule has 122 valence electrons. The van der Waals surface area contributed by atoms with E-state index >= 15 is 0 Å². The Balaban J connectivity index is 1.84.